The van der Waals surface area contributed by atoms with E-state index in [2.05, 4.69) is 15.6 Å². The van der Waals surface area contributed by atoms with E-state index in [0.717, 1.165) is 25.8 Å². The highest BCUT2D eigenvalue weighted by Crippen LogP contribution is 2.67. The Labute approximate surface area is 270 Å². The minimum atomic E-state index is -0.780. The molecule has 2 N–H and O–H groups in total. The molecule has 0 aromatic carbocycles. The second kappa shape index (κ2) is 13.7. The average molecular weight is 648 g/mol. The van der Waals surface area contributed by atoms with Crippen LogP contribution < -0.4 is 10.6 Å². The van der Waals surface area contributed by atoms with Gasteiger partial charge >= 0.3 is 11.9 Å². The summed E-state index contributed by atoms with van der Waals surface area (Å²) in [6.45, 7) is 9.98. The van der Waals surface area contributed by atoms with Gasteiger partial charge in [0.15, 0.2) is 6.10 Å². The van der Waals surface area contributed by atoms with Gasteiger partial charge in [-0.2, -0.15) is 0 Å². The number of likely N-dealkylation sites (tertiary alicyclic amines) is 1. The molecule has 250 valence electrons. The molecule has 4 fully saturated rings. The monoisotopic (exact) mass is 647 g/mol. The van der Waals surface area contributed by atoms with Gasteiger partial charge in [-0.3, -0.25) is 28.9 Å². The minimum Gasteiger partial charge on any atom is -0.469 e. The van der Waals surface area contributed by atoms with Crippen LogP contribution in [0.1, 0.15) is 101 Å². The Hall–Kier alpha value is -3.06. The lowest BCUT2D eigenvalue weighted by Crippen LogP contribution is -2.77. The highest BCUT2D eigenvalue weighted by molar-refractivity contribution is 7.09. The molecule has 1 aromatic heterocycles. The minimum absolute atomic E-state index is 0.0147. The van der Waals surface area contributed by atoms with E-state index in [-0.39, 0.29) is 59.7 Å². The Morgan fingerprint density at radius 3 is 2.33 bits per heavy atom. The van der Waals surface area contributed by atoms with Crippen molar-refractivity contribution in [2.24, 2.45) is 17.3 Å². The first kappa shape index (κ1) is 34.8. The van der Waals surface area contributed by atoms with E-state index in [4.69, 9.17) is 9.47 Å². The molecular weight excluding hydrogens is 598 g/mol. The Bertz CT molecular complexity index is 1280. The quantitative estimate of drug-likeness (QED) is 0.308. The zero-order valence-electron chi connectivity index (χ0n) is 27.8. The predicted molar refractivity (Wildman–Crippen MR) is 168 cm³/mol. The van der Waals surface area contributed by atoms with Crippen molar-refractivity contribution in [2.75, 3.05) is 27.7 Å². The Morgan fingerprint density at radius 2 is 1.78 bits per heavy atom. The average Bonchev–Trinajstić information content (AvgIpc) is 3.44. The molecule has 13 heteroatoms. The standard InChI is InChI=1S/C32H49N5O7S/c1-18(2)23(37(7)29(41)25(19(3)4)34-27(40)22-11-9-10-12-36(22)6)13-24(44-20(5)38)28-33-21(14-45-28)26(39)35-32-15-31(16-32,17-32)30(42)43-8/h14,18-19,22-25H,9-13,15-17H2,1-8H3,(H,34,40)(H,35,39)/t22-,23-,24-,25+,31?,32?/m1/s1. The number of rotatable bonds is 13. The van der Waals surface area contributed by atoms with Crippen molar-refractivity contribution in [3.8, 4) is 0 Å². The molecule has 12 nitrogen and oxygen atoms in total. The summed E-state index contributed by atoms with van der Waals surface area (Å²) in [6, 6.07) is -1.32. The molecule has 3 saturated carbocycles. The second-order valence-corrected chi connectivity index (χ2v) is 14.8. The van der Waals surface area contributed by atoms with E-state index >= 15 is 0 Å². The predicted octanol–water partition coefficient (Wildman–Crippen LogP) is 3.07. The summed E-state index contributed by atoms with van der Waals surface area (Å²) in [4.78, 5) is 72.6. The van der Waals surface area contributed by atoms with Gasteiger partial charge < -0.3 is 25.0 Å². The Morgan fingerprint density at radius 1 is 1.11 bits per heavy atom. The topological polar surface area (TPSA) is 147 Å². The van der Waals surface area contributed by atoms with Gasteiger partial charge in [0.05, 0.1) is 18.6 Å². The van der Waals surface area contributed by atoms with Crippen LogP contribution in [0.15, 0.2) is 5.38 Å². The molecule has 0 spiro atoms. The van der Waals surface area contributed by atoms with Crippen molar-refractivity contribution in [2.45, 2.75) is 109 Å². The van der Waals surface area contributed by atoms with E-state index in [1.807, 2.05) is 39.6 Å². The van der Waals surface area contributed by atoms with Crippen molar-refractivity contribution < 1.29 is 33.4 Å². The molecule has 1 saturated heterocycles. The first-order chi connectivity index (χ1) is 21.1. The van der Waals surface area contributed by atoms with Crippen LogP contribution in [0.2, 0.25) is 0 Å². The van der Waals surface area contributed by atoms with Gasteiger partial charge in [-0.05, 0) is 57.5 Å². The lowest BCUT2D eigenvalue weighted by Gasteiger charge is -2.68. The summed E-state index contributed by atoms with van der Waals surface area (Å²) in [6.07, 6.45) is 3.94. The number of esters is 2. The Kier molecular flexibility index (Phi) is 10.6. The van der Waals surface area contributed by atoms with Crippen molar-refractivity contribution in [3.63, 3.8) is 0 Å². The smallest absolute Gasteiger partial charge is 0.312 e. The van der Waals surface area contributed by atoms with E-state index in [1.54, 1.807) is 17.3 Å². The largest absolute Gasteiger partial charge is 0.469 e. The molecule has 0 unspecified atom stereocenters. The van der Waals surface area contributed by atoms with Crippen molar-refractivity contribution in [1.29, 1.82) is 0 Å². The van der Waals surface area contributed by atoms with Crippen LogP contribution in [0, 0.1) is 17.3 Å². The van der Waals surface area contributed by atoms with E-state index < -0.39 is 29.1 Å². The zero-order valence-corrected chi connectivity index (χ0v) is 28.6. The number of aromatic nitrogens is 1. The molecule has 3 aliphatic carbocycles. The first-order valence-electron chi connectivity index (χ1n) is 15.9. The summed E-state index contributed by atoms with van der Waals surface area (Å²) < 4.78 is 10.6. The molecule has 45 heavy (non-hydrogen) atoms. The van der Waals surface area contributed by atoms with Gasteiger partial charge in [-0.25, -0.2) is 4.98 Å². The lowest BCUT2D eigenvalue weighted by atomic mass is 9.39. The van der Waals surface area contributed by atoms with E-state index in [1.165, 1.54) is 25.4 Å². The molecule has 4 atom stereocenters. The fourth-order valence-electron chi connectivity index (χ4n) is 7.25. The van der Waals surface area contributed by atoms with Crippen LogP contribution in [0.5, 0.6) is 0 Å². The van der Waals surface area contributed by atoms with Gasteiger partial charge in [0.1, 0.15) is 16.7 Å². The molecule has 2 heterocycles. The molecule has 2 bridgehead atoms. The number of carbonyl (C=O) groups excluding carboxylic acids is 5. The molecule has 0 radical (unpaired) electrons. The third-order valence-corrected chi connectivity index (χ3v) is 10.7. The van der Waals surface area contributed by atoms with Crippen molar-refractivity contribution in [1.82, 2.24) is 25.4 Å². The first-order valence-corrected chi connectivity index (χ1v) is 16.8. The highest BCUT2D eigenvalue weighted by Gasteiger charge is 2.73. The van der Waals surface area contributed by atoms with E-state index in [0.29, 0.717) is 24.3 Å². The Balaban J connectivity index is 1.44. The third kappa shape index (κ3) is 7.34. The van der Waals surface area contributed by atoms with Gasteiger partial charge in [-0.15, -0.1) is 11.3 Å². The van der Waals surface area contributed by atoms with Crippen molar-refractivity contribution in [3.05, 3.63) is 16.1 Å². The molecule has 5 rings (SSSR count). The van der Waals surface area contributed by atoms with E-state index in [9.17, 15) is 24.0 Å². The molecule has 1 aliphatic heterocycles. The summed E-state index contributed by atoms with van der Waals surface area (Å²) >= 11 is 1.22. The molecule has 3 amide bonds. The number of amides is 3. The van der Waals surface area contributed by atoms with Gasteiger partial charge in [0.2, 0.25) is 11.8 Å². The summed E-state index contributed by atoms with van der Waals surface area (Å²) in [5.41, 5.74) is -0.677. The summed E-state index contributed by atoms with van der Waals surface area (Å²) in [7, 11) is 5.03. The number of methoxy groups -OCH3 is 1. The zero-order chi connectivity index (χ0) is 33.3. The number of thiazole rings is 1. The third-order valence-electron chi connectivity index (χ3n) is 9.74. The fourth-order valence-corrected chi connectivity index (χ4v) is 8.09. The van der Waals surface area contributed by atoms with Crippen LogP contribution in [-0.2, 0) is 28.7 Å². The molecular formula is C32H49N5O7S. The number of hydrogen-bond donors (Lipinski definition) is 2. The number of nitrogens with one attached hydrogen (secondary N) is 2. The maximum Gasteiger partial charge on any atom is 0.312 e. The number of nitrogens with zero attached hydrogens (tertiary/aromatic N) is 3. The maximum absolute atomic E-state index is 13.9. The van der Waals surface area contributed by atoms with Crippen LogP contribution in [0.4, 0.5) is 0 Å². The SMILES string of the molecule is COC(=O)C12CC(NC(=O)c3csc([C@@H](C[C@H](C(C)C)N(C)C(=O)[C@@H](NC(=O)[C@H]4CCCCN4C)C(C)C)OC(C)=O)n3)(C1)C2. The number of hydrogen-bond acceptors (Lipinski definition) is 10. The number of piperidine rings is 1. The maximum atomic E-state index is 13.9. The number of ether oxygens (including phenoxy) is 2. The number of likely N-dealkylation sites (N-methyl/N-ethyl adjacent to an activating group) is 2. The van der Waals surface area contributed by atoms with Gasteiger partial charge in [-0.1, -0.05) is 34.1 Å². The normalized spacial score (nSPS) is 26.1. The summed E-state index contributed by atoms with van der Waals surface area (Å²) in [5, 5.41) is 8.15. The van der Waals surface area contributed by atoms with Crippen molar-refractivity contribution >= 4 is 41.0 Å². The molecule has 1 aromatic rings. The summed E-state index contributed by atoms with van der Waals surface area (Å²) in [5.74, 6) is -1.57. The van der Waals surface area contributed by atoms with Gasteiger partial charge in [0, 0.05) is 37.4 Å². The second-order valence-electron chi connectivity index (χ2n) is 13.9. The van der Waals surface area contributed by atoms with Crippen LogP contribution in [0.25, 0.3) is 0 Å². The van der Waals surface area contributed by atoms with Crippen LogP contribution >= 0.6 is 11.3 Å². The van der Waals surface area contributed by atoms with Crippen LogP contribution in [-0.4, -0.2) is 95.9 Å². The number of carbonyl (C=O) groups is 5. The highest BCUT2D eigenvalue weighted by atomic mass is 32.1. The fraction of sp³-hybridized carbons (Fsp3) is 0.750. The molecule has 4 aliphatic rings. The lowest BCUT2D eigenvalue weighted by molar-refractivity contribution is -0.199. The van der Waals surface area contributed by atoms with Crippen LogP contribution in [0.3, 0.4) is 0 Å². The van der Waals surface area contributed by atoms with Gasteiger partial charge in [0.25, 0.3) is 5.91 Å².